The van der Waals surface area contributed by atoms with Crippen molar-refractivity contribution in [2.75, 3.05) is 6.54 Å². The smallest absolute Gasteiger partial charge is 0.149 e. The van der Waals surface area contributed by atoms with E-state index in [-0.39, 0.29) is 0 Å². The van der Waals surface area contributed by atoms with Crippen molar-refractivity contribution >= 4 is 0 Å². The van der Waals surface area contributed by atoms with Gasteiger partial charge >= 0.3 is 0 Å². The van der Waals surface area contributed by atoms with Crippen LogP contribution in [0.1, 0.15) is 58.2 Å². The number of hydrogen-bond donors (Lipinski definition) is 1. The van der Waals surface area contributed by atoms with Crippen LogP contribution in [0.5, 0.6) is 0 Å². The van der Waals surface area contributed by atoms with Crippen molar-refractivity contribution in [1.82, 2.24) is 20.1 Å². The van der Waals surface area contributed by atoms with Gasteiger partial charge in [0.1, 0.15) is 11.6 Å². The first-order valence-corrected chi connectivity index (χ1v) is 7.23. The molecule has 2 heterocycles. The molecular formula is C14H26N4. The van der Waals surface area contributed by atoms with Crippen molar-refractivity contribution in [3.05, 3.63) is 11.6 Å². The highest BCUT2D eigenvalue weighted by Gasteiger charge is 2.21. The van der Waals surface area contributed by atoms with Crippen LogP contribution >= 0.6 is 0 Å². The second-order valence-electron chi connectivity index (χ2n) is 6.09. The van der Waals surface area contributed by atoms with Crippen LogP contribution in [0, 0.1) is 11.8 Å². The van der Waals surface area contributed by atoms with E-state index in [9.17, 15) is 0 Å². The molecular weight excluding hydrogens is 224 g/mol. The number of nitrogens with one attached hydrogen (secondary N) is 1. The molecule has 0 fully saturated rings. The monoisotopic (exact) mass is 250 g/mol. The van der Waals surface area contributed by atoms with Gasteiger partial charge in [-0.3, -0.25) is 0 Å². The normalized spacial score (nSPS) is 18.1. The molecule has 1 aliphatic heterocycles. The largest absolute Gasteiger partial charge is 0.314 e. The summed E-state index contributed by atoms with van der Waals surface area (Å²) in [6.45, 7) is 11.2. The molecule has 2 atom stereocenters. The zero-order chi connectivity index (χ0) is 13.1. The Morgan fingerprint density at radius 2 is 2.00 bits per heavy atom. The van der Waals surface area contributed by atoms with Crippen molar-refractivity contribution < 1.29 is 0 Å². The fourth-order valence-corrected chi connectivity index (χ4v) is 2.85. The first kappa shape index (κ1) is 13.5. The Hall–Kier alpha value is -0.900. The van der Waals surface area contributed by atoms with Crippen LogP contribution in [-0.4, -0.2) is 21.3 Å². The fourth-order valence-electron chi connectivity index (χ4n) is 2.85. The lowest BCUT2D eigenvalue weighted by molar-refractivity contribution is 0.388. The van der Waals surface area contributed by atoms with Gasteiger partial charge in [-0.2, -0.15) is 0 Å². The molecule has 1 N–H and O–H groups in total. The van der Waals surface area contributed by atoms with E-state index in [2.05, 4.69) is 47.8 Å². The standard InChI is InChI=1S/C14H26N4/c1-10(2)8-11(3)9-15-12(4)14-17-16-13-6-5-7-18(13)14/h10-12,15H,5-9H2,1-4H3. The summed E-state index contributed by atoms with van der Waals surface area (Å²) in [4.78, 5) is 0. The summed E-state index contributed by atoms with van der Waals surface area (Å²) in [5.41, 5.74) is 0. The van der Waals surface area contributed by atoms with Gasteiger partial charge in [0.2, 0.25) is 0 Å². The maximum Gasteiger partial charge on any atom is 0.149 e. The number of aromatic nitrogens is 3. The highest BCUT2D eigenvalue weighted by molar-refractivity contribution is 5.04. The highest BCUT2D eigenvalue weighted by atomic mass is 15.3. The van der Waals surface area contributed by atoms with E-state index < -0.39 is 0 Å². The molecule has 0 bridgehead atoms. The van der Waals surface area contributed by atoms with Gasteiger partial charge in [-0.1, -0.05) is 20.8 Å². The first-order chi connectivity index (χ1) is 8.58. The van der Waals surface area contributed by atoms with Gasteiger partial charge in [0.05, 0.1) is 6.04 Å². The van der Waals surface area contributed by atoms with E-state index in [1.54, 1.807) is 0 Å². The molecule has 0 aromatic carbocycles. The third kappa shape index (κ3) is 3.10. The van der Waals surface area contributed by atoms with Crippen molar-refractivity contribution in [3.8, 4) is 0 Å². The number of hydrogen-bond acceptors (Lipinski definition) is 3. The Balaban J connectivity index is 1.86. The molecule has 0 saturated carbocycles. The predicted molar refractivity (Wildman–Crippen MR) is 73.4 cm³/mol. The second kappa shape index (κ2) is 5.83. The molecule has 0 aliphatic carbocycles. The van der Waals surface area contributed by atoms with Gasteiger partial charge in [0.15, 0.2) is 0 Å². The van der Waals surface area contributed by atoms with Crippen LogP contribution in [0.2, 0.25) is 0 Å². The Morgan fingerprint density at radius 3 is 2.72 bits per heavy atom. The molecule has 0 saturated heterocycles. The average molecular weight is 250 g/mol. The zero-order valence-corrected chi connectivity index (χ0v) is 12.1. The Morgan fingerprint density at radius 1 is 1.22 bits per heavy atom. The van der Waals surface area contributed by atoms with Gasteiger partial charge in [0, 0.05) is 13.0 Å². The van der Waals surface area contributed by atoms with Crippen LogP contribution < -0.4 is 5.32 Å². The minimum Gasteiger partial charge on any atom is -0.314 e. The van der Waals surface area contributed by atoms with E-state index in [1.807, 2.05) is 0 Å². The van der Waals surface area contributed by atoms with Gasteiger partial charge in [0.25, 0.3) is 0 Å². The first-order valence-electron chi connectivity index (χ1n) is 7.23. The fraction of sp³-hybridized carbons (Fsp3) is 0.857. The van der Waals surface area contributed by atoms with Crippen molar-refractivity contribution in [1.29, 1.82) is 0 Å². The third-order valence-corrected chi connectivity index (χ3v) is 3.67. The van der Waals surface area contributed by atoms with Crippen LogP contribution in [0.3, 0.4) is 0 Å². The van der Waals surface area contributed by atoms with Gasteiger partial charge in [-0.15, -0.1) is 10.2 Å². The summed E-state index contributed by atoms with van der Waals surface area (Å²) in [5.74, 6) is 3.76. The summed E-state index contributed by atoms with van der Waals surface area (Å²) in [6, 6.07) is 0.305. The van der Waals surface area contributed by atoms with Crippen LogP contribution in [0.4, 0.5) is 0 Å². The molecule has 18 heavy (non-hydrogen) atoms. The number of aryl methyl sites for hydroxylation is 1. The molecule has 0 amide bonds. The quantitative estimate of drug-likeness (QED) is 0.843. The summed E-state index contributed by atoms with van der Waals surface area (Å²) in [5, 5.41) is 12.2. The maximum absolute atomic E-state index is 4.33. The van der Waals surface area contributed by atoms with Gasteiger partial charge in [-0.05, 0) is 38.1 Å². The van der Waals surface area contributed by atoms with Crippen LogP contribution in [0.25, 0.3) is 0 Å². The topological polar surface area (TPSA) is 42.7 Å². The number of fused-ring (bicyclic) bond motifs is 1. The summed E-state index contributed by atoms with van der Waals surface area (Å²) < 4.78 is 2.28. The number of nitrogens with zero attached hydrogens (tertiary/aromatic N) is 3. The molecule has 2 unspecified atom stereocenters. The molecule has 1 aromatic heterocycles. The molecule has 0 spiro atoms. The zero-order valence-electron chi connectivity index (χ0n) is 12.1. The maximum atomic E-state index is 4.33. The molecule has 102 valence electrons. The summed E-state index contributed by atoms with van der Waals surface area (Å²) in [6.07, 6.45) is 3.58. The Labute approximate surface area is 110 Å². The molecule has 2 rings (SSSR count). The van der Waals surface area contributed by atoms with Crippen molar-refractivity contribution in [2.24, 2.45) is 11.8 Å². The molecule has 1 aromatic rings. The van der Waals surface area contributed by atoms with E-state index in [0.29, 0.717) is 12.0 Å². The van der Waals surface area contributed by atoms with Crippen molar-refractivity contribution in [3.63, 3.8) is 0 Å². The van der Waals surface area contributed by atoms with Gasteiger partial charge < -0.3 is 9.88 Å². The SMILES string of the molecule is CC(C)CC(C)CNC(C)c1nnc2n1CCC2. The predicted octanol–water partition coefficient (Wildman–Crippen LogP) is 2.56. The highest BCUT2D eigenvalue weighted by Crippen LogP contribution is 2.19. The minimum absolute atomic E-state index is 0.305. The molecule has 4 nitrogen and oxygen atoms in total. The molecule has 0 radical (unpaired) electrons. The lowest BCUT2D eigenvalue weighted by Crippen LogP contribution is -2.27. The minimum atomic E-state index is 0.305. The lowest BCUT2D eigenvalue weighted by atomic mass is 9.99. The molecule has 4 heteroatoms. The Bertz CT molecular complexity index is 383. The van der Waals surface area contributed by atoms with E-state index in [4.69, 9.17) is 0 Å². The molecule has 1 aliphatic rings. The van der Waals surface area contributed by atoms with Gasteiger partial charge in [-0.25, -0.2) is 0 Å². The lowest BCUT2D eigenvalue weighted by Gasteiger charge is -2.18. The number of rotatable bonds is 6. The van der Waals surface area contributed by atoms with E-state index >= 15 is 0 Å². The Kier molecular flexibility index (Phi) is 4.38. The second-order valence-corrected chi connectivity index (χ2v) is 6.09. The summed E-state index contributed by atoms with van der Waals surface area (Å²) >= 11 is 0. The van der Waals surface area contributed by atoms with E-state index in [1.165, 1.54) is 12.8 Å². The summed E-state index contributed by atoms with van der Waals surface area (Å²) in [7, 11) is 0. The van der Waals surface area contributed by atoms with Crippen LogP contribution in [-0.2, 0) is 13.0 Å². The average Bonchev–Trinajstić information content (AvgIpc) is 2.86. The third-order valence-electron chi connectivity index (χ3n) is 3.67. The van der Waals surface area contributed by atoms with Crippen LogP contribution in [0.15, 0.2) is 0 Å². The van der Waals surface area contributed by atoms with Crippen molar-refractivity contribution in [2.45, 2.75) is 59.5 Å². The van der Waals surface area contributed by atoms with E-state index in [0.717, 1.165) is 37.1 Å².